The number of piperidine rings is 1. The van der Waals surface area contributed by atoms with Crippen LogP contribution in [0.3, 0.4) is 0 Å². The molecule has 4 rings (SSSR count). The van der Waals surface area contributed by atoms with E-state index in [4.69, 9.17) is 4.74 Å². The minimum Gasteiger partial charge on any atom is -0.497 e. The van der Waals surface area contributed by atoms with Gasteiger partial charge in [-0.05, 0) is 55.3 Å². The quantitative estimate of drug-likeness (QED) is 0.882. The van der Waals surface area contributed by atoms with E-state index in [-0.39, 0.29) is 23.8 Å². The van der Waals surface area contributed by atoms with Crippen LogP contribution in [0, 0.1) is 0 Å². The van der Waals surface area contributed by atoms with Crippen molar-refractivity contribution in [3.63, 3.8) is 0 Å². The lowest BCUT2D eigenvalue weighted by Crippen LogP contribution is -2.42. The fraction of sp³-hybridized carbons (Fsp3) is 0.364. The molecule has 2 aromatic rings. The number of fused-ring (bicyclic) bond motifs is 1. The second kappa shape index (κ2) is 7.53. The molecular weight excluding hydrogens is 340 g/mol. The SMILES string of the molecule is COc1ccc(N2C(=O)c3ccccc3C2CC(=O)C2CCCCN2)cc1. The third-order valence-electron chi connectivity index (χ3n) is 5.52. The van der Waals surface area contributed by atoms with Gasteiger partial charge in [0.2, 0.25) is 0 Å². The van der Waals surface area contributed by atoms with Crippen molar-refractivity contribution in [1.82, 2.24) is 5.32 Å². The molecule has 1 saturated heterocycles. The third kappa shape index (κ3) is 3.35. The number of hydrogen-bond acceptors (Lipinski definition) is 4. The van der Waals surface area contributed by atoms with Crippen LogP contribution in [0.4, 0.5) is 5.69 Å². The van der Waals surface area contributed by atoms with E-state index in [9.17, 15) is 9.59 Å². The van der Waals surface area contributed by atoms with Crippen LogP contribution in [0.5, 0.6) is 5.75 Å². The molecule has 1 amide bonds. The summed E-state index contributed by atoms with van der Waals surface area (Å²) in [6.07, 6.45) is 3.40. The summed E-state index contributed by atoms with van der Waals surface area (Å²) in [5.41, 5.74) is 2.40. The third-order valence-corrected chi connectivity index (χ3v) is 5.52. The van der Waals surface area contributed by atoms with Gasteiger partial charge in [0.05, 0.1) is 19.2 Å². The largest absolute Gasteiger partial charge is 0.497 e. The van der Waals surface area contributed by atoms with Crippen molar-refractivity contribution < 1.29 is 14.3 Å². The Bertz CT molecular complexity index is 841. The molecule has 0 saturated carbocycles. The summed E-state index contributed by atoms with van der Waals surface area (Å²) in [7, 11) is 1.62. The molecule has 2 aromatic carbocycles. The zero-order valence-electron chi connectivity index (χ0n) is 15.5. The molecular formula is C22H24N2O3. The Morgan fingerprint density at radius 3 is 2.63 bits per heavy atom. The Kier molecular flexibility index (Phi) is 4.94. The molecule has 0 aromatic heterocycles. The van der Waals surface area contributed by atoms with E-state index in [1.54, 1.807) is 12.0 Å². The summed E-state index contributed by atoms with van der Waals surface area (Å²) in [5.74, 6) is 0.870. The Hall–Kier alpha value is -2.66. The second-order valence-corrected chi connectivity index (χ2v) is 7.15. The van der Waals surface area contributed by atoms with Gasteiger partial charge in [-0.2, -0.15) is 0 Å². The van der Waals surface area contributed by atoms with Gasteiger partial charge in [0.15, 0.2) is 5.78 Å². The number of anilines is 1. The molecule has 0 spiro atoms. The topological polar surface area (TPSA) is 58.6 Å². The van der Waals surface area contributed by atoms with E-state index in [0.717, 1.165) is 42.8 Å². The lowest BCUT2D eigenvalue weighted by Gasteiger charge is -2.28. The van der Waals surface area contributed by atoms with Crippen molar-refractivity contribution in [2.45, 2.75) is 37.8 Å². The molecule has 0 aliphatic carbocycles. The molecule has 1 N–H and O–H groups in total. The maximum Gasteiger partial charge on any atom is 0.259 e. The lowest BCUT2D eigenvalue weighted by molar-refractivity contribution is -0.121. The predicted octanol–water partition coefficient (Wildman–Crippen LogP) is 3.50. The van der Waals surface area contributed by atoms with E-state index in [1.807, 2.05) is 48.5 Å². The first-order valence-electron chi connectivity index (χ1n) is 9.51. The number of carbonyl (C=O) groups excluding carboxylic acids is 2. The first-order valence-corrected chi connectivity index (χ1v) is 9.51. The van der Waals surface area contributed by atoms with E-state index >= 15 is 0 Å². The molecule has 2 atom stereocenters. The van der Waals surface area contributed by atoms with Crippen molar-refractivity contribution in [2.24, 2.45) is 0 Å². The molecule has 2 heterocycles. The van der Waals surface area contributed by atoms with Gasteiger partial charge < -0.3 is 15.0 Å². The van der Waals surface area contributed by atoms with Gasteiger partial charge >= 0.3 is 0 Å². The number of methoxy groups -OCH3 is 1. The van der Waals surface area contributed by atoms with Crippen molar-refractivity contribution >= 4 is 17.4 Å². The van der Waals surface area contributed by atoms with Gasteiger partial charge in [0.25, 0.3) is 5.91 Å². The fourth-order valence-corrected chi connectivity index (χ4v) is 4.09. The fourth-order valence-electron chi connectivity index (χ4n) is 4.09. The van der Waals surface area contributed by atoms with Crippen LogP contribution >= 0.6 is 0 Å². The van der Waals surface area contributed by atoms with Crippen LogP contribution in [0.15, 0.2) is 48.5 Å². The number of ketones is 1. The van der Waals surface area contributed by atoms with Gasteiger partial charge in [-0.3, -0.25) is 9.59 Å². The molecule has 27 heavy (non-hydrogen) atoms. The Balaban J connectivity index is 1.65. The Morgan fingerprint density at radius 1 is 1.15 bits per heavy atom. The molecule has 2 aliphatic heterocycles. The first-order chi connectivity index (χ1) is 13.2. The number of carbonyl (C=O) groups is 2. The summed E-state index contributed by atoms with van der Waals surface area (Å²) in [4.78, 5) is 27.8. The zero-order chi connectivity index (χ0) is 18.8. The lowest BCUT2D eigenvalue weighted by atomic mass is 9.93. The van der Waals surface area contributed by atoms with Gasteiger partial charge in [0.1, 0.15) is 5.75 Å². The summed E-state index contributed by atoms with van der Waals surface area (Å²) < 4.78 is 5.23. The monoisotopic (exact) mass is 364 g/mol. The van der Waals surface area contributed by atoms with Crippen LogP contribution in [-0.2, 0) is 4.79 Å². The number of ether oxygens (including phenoxy) is 1. The molecule has 2 unspecified atom stereocenters. The normalized spacial score (nSPS) is 21.8. The highest BCUT2D eigenvalue weighted by Gasteiger charge is 2.39. The van der Waals surface area contributed by atoms with Crippen LogP contribution < -0.4 is 15.0 Å². The summed E-state index contributed by atoms with van der Waals surface area (Å²) in [5, 5.41) is 3.33. The highest BCUT2D eigenvalue weighted by atomic mass is 16.5. The number of hydrogen-bond donors (Lipinski definition) is 1. The summed E-state index contributed by atoms with van der Waals surface area (Å²) >= 11 is 0. The van der Waals surface area contributed by atoms with Gasteiger partial charge in [-0.1, -0.05) is 24.6 Å². The van der Waals surface area contributed by atoms with Crippen molar-refractivity contribution in [1.29, 1.82) is 0 Å². The van der Waals surface area contributed by atoms with Crippen LogP contribution in [0.25, 0.3) is 0 Å². The van der Waals surface area contributed by atoms with E-state index in [2.05, 4.69) is 5.32 Å². The van der Waals surface area contributed by atoms with Crippen molar-refractivity contribution in [2.75, 3.05) is 18.6 Å². The van der Waals surface area contributed by atoms with Crippen LogP contribution in [0.1, 0.15) is 47.6 Å². The number of nitrogens with zero attached hydrogens (tertiary/aromatic N) is 1. The molecule has 5 heteroatoms. The number of amides is 1. The number of rotatable bonds is 5. The zero-order valence-corrected chi connectivity index (χ0v) is 15.5. The molecule has 0 bridgehead atoms. The smallest absolute Gasteiger partial charge is 0.259 e. The molecule has 2 aliphatic rings. The summed E-state index contributed by atoms with van der Waals surface area (Å²) in [6.45, 7) is 0.888. The van der Waals surface area contributed by atoms with Crippen LogP contribution in [0.2, 0.25) is 0 Å². The molecule has 1 fully saturated rings. The summed E-state index contributed by atoms with van der Waals surface area (Å²) in [6, 6.07) is 14.7. The number of Topliss-reactive ketones (excluding diaryl/α,β-unsaturated/α-hetero) is 1. The average molecular weight is 364 g/mol. The maximum absolute atomic E-state index is 13.1. The van der Waals surface area contributed by atoms with E-state index in [1.165, 1.54) is 0 Å². The van der Waals surface area contributed by atoms with E-state index < -0.39 is 0 Å². The van der Waals surface area contributed by atoms with Crippen molar-refractivity contribution in [3.8, 4) is 5.75 Å². The molecule has 0 radical (unpaired) electrons. The minimum atomic E-state index is -0.265. The molecule has 140 valence electrons. The maximum atomic E-state index is 13.1. The standard InChI is InChI=1S/C22H24N2O3/c1-27-16-11-9-15(10-12-16)24-20(14-21(25)19-8-4-5-13-23-19)17-6-2-3-7-18(17)22(24)26/h2-3,6-7,9-12,19-20,23H,4-5,8,13-14H2,1H3. The van der Waals surface area contributed by atoms with Crippen LogP contribution in [-0.4, -0.2) is 31.4 Å². The van der Waals surface area contributed by atoms with Gasteiger partial charge in [-0.25, -0.2) is 0 Å². The Labute approximate surface area is 159 Å². The van der Waals surface area contributed by atoms with Crippen molar-refractivity contribution in [3.05, 3.63) is 59.7 Å². The Morgan fingerprint density at radius 2 is 1.93 bits per heavy atom. The number of nitrogens with one attached hydrogen (secondary N) is 1. The number of benzene rings is 2. The predicted molar refractivity (Wildman–Crippen MR) is 104 cm³/mol. The second-order valence-electron chi connectivity index (χ2n) is 7.15. The highest BCUT2D eigenvalue weighted by molar-refractivity contribution is 6.11. The van der Waals surface area contributed by atoms with Gasteiger partial charge in [0, 0.05) is 17.7 Å². The van der Waals surface area contributed by atoms with E-state index in [0.29, 0.717) is 12.0 Å². The first kappa shape index (κ1) is 17.7. The highest BCUT2D eigenvalue weighted by Crippen LogP contribution is 2.40. The van der Waals surface area contributed by atoms with Gasteiger partial charge in [-0.15, -0.1) is 0 Å². The average Bonchev–Trinajstić information content (AvgIpc) is 3.01. The minimum absolute atomic E-state index is 0.0508. The molecule has 5 nitrogen and oxygen atoms in total.